The first-order valence-corrected chi connectivity index (χ1v) is 13.3. The Kier molecular flexibility index (Phi) is 11.0. The molecule has 4 aromatic carbocycles. The highest BCUT2D eigenvalue weighted by molar-refractivity contribution is 5.46. The third-order valence-corrected chi connectivity index (χ3v) is 6.02. The van der Waals surface area contributed by atoms with Gasteiger partial charge in [-0.25, -0.2) is 0 Å². The summed E-state index contributed by atoms with van der Waals surface area (Å²) in [5.41, 5.74) is 21.6. The molecular formula is C30H24F12N4O4. The lowest BCUT2D eigenvalue weighted by atomic mass is 10.2. The lowest BCUT2D eigenvalue weighted by Crippen LogP contribution is -2.65. The highest BCUT2D eigenvalue weighted by Gasteiger charge is 2.78. The van der Waals surface area contributed by atoms with E-state index in [0.717, 1.165) is 84.9 Å². The zero-order valence-electron chi connectivity index (χ0n) is 24.7. The molecule has 0 aliphatic heterocycles. The number of halogens is 12. The average molecular weight is 733 g/mol. The number of benzene rings is 4. The van der Waals surface area contributed by atoms with Gasteiger partial charge in [0, 0.05) is 34.9 Å². The molecule has 0 aromatic heterocycles. The van der Waals surface area contributed by atoms with E-state index >= 15 is 0 Å². The largest absolute Gasteiger partial charge is 0.478 e. The van der Waals surface area contributed by atoms with Crippen LogP contribution in [-0.2, 0) is 0 Å². The van der Waals surface area contributed by atoms with Gasteiger partial charge < -0.3 is 41.9 Å². The second kappa shape index (κ2) is 14.1. The van der Waals surface area contributed by atoms with E-state index < -0.39 is 59.3 Å². The summed E-state index contributed by atoms with van der Waals surface area (Å²) in [4.78, 5) is 0. The van der Waals surface area contributed by atoms with E-state index in [0.29, 0.717) is 0 Å². The van der Waals surface area contributed by atoms with Gasteiger partial charge in [-0.15, -0.1) is 0 Å². The summed E-state index contributed by atoms with van der Waals surface area (Å²) in [7, 11) is 0. The van der Waals surface area contributed by atoms with Crippen molar-refractivity contribution in [3.8, 4) is 23.0 Å². The molecular weight excluding hydrogens is 708 g/mol. The van der Waals surface area contributed by atoms with Crippen molar-refractivity contribution in [1.29, 1.82) is 0 Å². The van der Waals surface area contributed by atoms with Crippen LogP contribution in [0.1, 0.15) is 0 Å². The van der Waals surface area contributed by atoms with Gasteiger partial charge in [0.05, 0.1) is 0 Å². The van der Waals surface area contributed by atoms with E-state index in [-0.39, 0.29) is 22.7 Å². The van der Waals surface area contributed by atoms with Gasteiger partial charge in [-0.3, -0.25) is 0 Å². The molecule has 0 spiro atoms. The minimum atomic E-state index is -5.96. The van der Waals surface area contributed by atoms with Crippen molar-refractivity contribution in [2.24, 2.45) is 0 Å². The summed E-state index contributed by atoms with van der Waals surface area (Å²) in [6.45, 7) is 0. The normalized spacial score (nSPS) is 12.7. The fourth-order valence-electron chi connectivity index (χ4n) is 3.72. The van der Waals surface area contributed by atoms with Gasteiger partial charge in [0.15, 0.2) is 0 Å². The second-order valence-electron chi connectivity index (χ2n) is 9.92. The van der Waals surface area contributed by atoms with Crippen LogP contribution in [0.4, 0.5) is 75.4 Å². The van der Waals surface area contributed by atoms with Crippen LogP contribution in [0.3, 0.4) is 0 Å². The average Bonchev–Trinajstić information content (AvgIpc) is 2.97. The summed E-state index contributed by atoms with van der Waals surface area (Å²) in [6, 6.07) is 16.1. The highest BCUT2D eigenvalue weighted by Crippen LogP contribution is 2.49. The predicted molar refractivity (Wildman–Crippen MR) is 156 cm³/mol. The van der Waals surface area contributed by atoms with Crippen molar-refractivity contribution in [2.45, 2.75) is 36.3 Å². The molecule has 50 heavy (non-hydrogen) atoms. The van der Waals surface area contributed by atoms with E-state index in [9.17, 15) is 52.7 Å². The minimum absolute atomic E-state index is 0.0836. The van der Waals surface area contributed by atoms with Crippen molar-refractivity contribution in [3.05, 3.63) is 97.1 Å². The maximum Gasteiger partial charge on any atom is 0.478 e. The third kappa shape index (κ3) is 8.91. The van der Waals surface area contributed by atoms with Crippen LogP contribution in [0.25, 0.3) is 0 Å². The number of nitrogens with two attached hydrogens (primary N) is 4. The van der Waals surface area contributed by atoms with E-state index in [1.165, 1.54) is 12.1 Å². The Hall–Kier alpha value is -5.56. The smallest absolute Gasteiger partial charge is 0.438 e. The minimum Gasteiger partial charge on any atom is -0.438 e. The van der Waals surface area contributed by atoms with E-state index in [2.05, 4.69) is 18.9 Å². The molecule has 8 nitrogen and oxygen atoms in total. The molecule has 4 aromatic rings. The molecule has 0 bridgehead atoms. The molecule has 0 saturated carbocycles. The SMILES string of the molecule is Nc1ccc(OC(Oc2ccc(N)cc2)(C(F)(F)F)C(F)(F)F)cc1.Nc1cccc(OC(Oc2cccc(N)c2)(C(F)(F)F)C(F)(F)F)c1. The Bertz CT molecular complexity index is 1580. The van der Waals surface area contributed by atoms with Crippen LogP contribution in [0, 0.1) is 0 Å². The van der Waals surface area contributed by atoms with Crippen LogP contribution >= 0.6 is 0 Å². The molecule has 0 heterocycles. The third-order valence-electron chi connectivity index (χ3n) is 6.02. The summed E-state index contributed by atoms with van der Waals surface area (Å²) in [5, 5.41) is 0. The van der Waals surface area contributed by atoms with Gasteiger partial charge in [-0.2, -0.15) is 52.7 Å². The van der Waals surface area contributed by atoms with Gasteiger partial charge in [0.2, 0.25) is 0 Å². The zero-order chi connectivity index (χ0) is 37.8. The fraction of sp³-hybridized carbons (Fsp3) is 0.200. The number of ether oxygens (including phenoxy) is 4. The lowest BCUT2D eigenvalue weighted by molar-refractivity contribution is -0.422. The Labute approximate surface area is 274 Å². The molecule has 0 saturated heterocycles. The van der Waals surface area contributed by atoms with Crippen LogP contribution in [-0.4, -0.2) is 36.3 Å². The van der Waals surface area contributed by atoms with Gasteiger partial charge >= 0.3 is 36.3 Å². The maximum absolute atomic E-state index is 13.4. The molecule has 0 amide bonds. The van der Waals surface area contributed by atoms with Gasteiger partial charge in [0.25, 0.3) is 0 Å². The van der Waals surface area contributed by atoms with E-state index in [4.69, 9.17) is 22.9 Å². The Morgan fingerprint density at radius 2 is 0.580 bits per heavy atom. The topological polar surface area (TPSA) is 141 Å². The molecule has 0 fully saturated rings. The molecule has 0 atom stereocenters. The molecule has 272 valence electrons. The predicted octanol–water partition coefficient (Wildman–Crippen LogP) is 8.26. The molecule has 0 unspecified atom stereocenters. The maximum atomic E-state index is 13.4. The quantitative estimate of drug-likeness (QED) is 0.0807. The number of hydrogen-bond donors (Lipinski definition) is 4. The van der Waals surface area contributed by atoms with Crippen LogP contribution in [0.15, 0.2) is 97.1 Å². The number of hydrogen-bond acceptors (Lipinski definition) is 8. The number of anilines is 4. The summed E-state index contributed by atoms with van der Waals surface area (Å²) < 4.78 is 178. The van der Waals surface area contributed by atoms with Gasteiger partial charge in [-0.1, -0.05) is 12.1 Å². The highest BCUT2D eigenvalue weighted by atomic mass is 19.4. The molecule has 8 N–H and O–H groups in total. The van der Waals surface area contributed by atoms with E-state index in [1.807, 2.05) is 0 Å². The van der Waals surface area contributed by atoms with E-state index in [1.54, 1.807) is 0 Å². The first-order valence-electron chi connectivity index (χ1n) is 13.3. The fourth-order valence-corrected chi connectivity index (χ4v) is 3.72. The molecule has 20 heteroatoms. The van der Waals surface area contributed by atoms with Crippen LogP contribution < -0.4 is 41.9 Å². The first kappa shape index (κ1) is 38.9. The molecule has 4 rings (SSSR count). The van der Waals surface area contributed by atoms with Gasteiger partial charge in [0.1, 0.15) is 23.0 Å². The lowest BCUT2D eigenvalue weighted by Gasteiger charge is -2.36. The Balaban J connectivity index is 0.000000270. The second-order valence-corrected chi connectivity index (χ2v) is 9.92. The van der Waals surface area contributed by atoms with Crippen molar-refractivity contribution in [3.63, 3.8) is 0 Å². The number of nitrogen functional groups attached to an aromatic ring is 4. The molecule has 0 aliphatic carbocycles. The van der Waals surface area contributed by atoms with Crippen molar-refractivity contribution in [2.75, 3.05) is 22.9 Å². The molecule has 0 radical (unpaired) electrons. The summed E-state index contributed by atoms with van der Waals surface area (Å²) in [6.07, 6.45) is -23.8. The van der Waals surface area contributed by atoms with Crippen molar-refractivity contribution in [1.82, 2.24) is 0 Å². The van der Waals surface area contributed by atoms with Crippen LogP contribution in [0.5, 0.6) is 23.0 Å². The van der Waals surface area contributed by atoms with Gasteiger partial charge in [-0.05, 0) is 72.8 Å². The Morgan fingerprint density at radius 3 is 0.820 bits per heavy atom. The first-order chi connectivity index (χ1) is 22.9. The zero-order valence-corrected chi connectivity index (χ0v) is 24.7. The standard InChI is InChI=1S/2C15H12F6N2O2/c16-14(17,18)13(15(19,20)21,24-11-5-1-9(22)2-6-11)25-12-7-3-10(23)4-8-12;16-14(17,18)13(15(19,20)21,24-11-5-1-3-9(22)7-11)25-12-6-2-4-10(23)8-12/h2*1-8H,22-23H2. The van der Waals surface area contributed by atoms with Crippen molar-refractivity contribution >= 4 is 22.7 Å². The molecule has 0 aliphatic rings. The number of alkyl halides is 12. The summed E-state index contributed by atoms with van der Waals surface area (Å²) >= 11 is 0. The summed E-state index contributed by atoms with van der Waals surface area (Å²) in [5.74, 6) is -12.8. The number of rotatable bonds is 8. The Morgan fingerprint density at radius 1 is 0.320 bits per heavy atom. The van der Waals surface area contributed by atoms with Crippen LogP contribution in [0.2, 0.25) is 0 Å². The monoisotopic (exact) mass is 732 g/mol. The van der Waals surface area contributed by atoms with Crippen molar-refractivity contribution < 1.29 is 71.6 Å².